The lowest BCUT2D eigenvalue weighted by molar-refractivity contribution is 0.670. The minimum Gasteiger partial charge on any atom is -0.453 e. The highest BCUT2D eigenvalue weighted by Crippen LogP contribution is 2.44. The molecule has 0 amide bonds. The van der Waals surface area contributed by atoms with Crippen LogP contribution in [-0.2, 0) is 0 Å². The first-order valence-electron chi connectivity index (χ1n) is 20.9. The van der Waals surface area contributed by atoms with Crippen LogP contribution < -0.4 is 25.6 Å². The smallest absolute Gasteiger partial charge is 0.179 e. The Morgan fingerprint density at radius 2 is 0.721 bits per heavy atom. The maximum Gasteiger partial charge on any atom is 0.179 e. The summed E-state index contributed by atoms with van der Waals surface area (Å²) in [5.74, 6) is 0. The van der Waals surface area contributed by atoms with Gasteiger partial charge < -0.3 is 9.32 Å². The van der Waals surface area contributed by atoms with Crippen LogP contribution in [0.3, 0.4) is 0 Å². The van der Waals surface area contributed by atoms with E-state index in [4.69, 9.17) is 4.42 Å². The summed E-state index contributed by atoms with van der Waals surface area (Å²) >= 11 is 0. The average molecular weight is 796 g/mol. The van der Waals surface area contributed by atoms with Crippen molar-refractivity contribution in [2.45, 2.75) is 0 Å². The lowest BCUT2D eigenvalue weighted by atomic mass is 9.98. The van der Waals surface area contributed by atoms with Crippen LogP contribution in [-0.4, -0.2) is 8.07 Å². The molecule has 0 aliphatic rings. The Bertz CT molecular complexity index is 3170. The fraction of sp³-hybridized carbons (Fsp3) is 0. The zero-order valence-electron chi connectivity index (χ0n) is 33.5. The third-order valence-corrected chi connectivity index (χ3v) is 17.0. The summed E-state index contributed by atoms with van der Waals surface area (Å²) in [6.45, 7) is 0. The molecule has 0 atom stereocenters. The van der Waals surface area contributed by atoms with Gasteiger partial charge in [0, 0.05) is 27.7 Å². The second-order valence-corrected chi connectivity index (χ2v) is 19.4. The molecular formula is C58H41NOSi. The number of anilines is 3. The first kappa shape index (κ1) is 36.4. The van der Waals surface area contributed by atoms with Crippen molar-refractivity contribution in [3.05, 3.63) is 249 Å². The van der Waals surface area contributed by atoms with Gasteiger partial charge in [-0.25, -0.2) is 0 Å². The van der Waals surface area contributed by atoms with Gasteiger partial charge in [0.25, 0.3) is 0 Å². The summed E-state index contributed by atoms with van der Waals surface area (Å²) in [6.07, 6.45) is 0. The Labute approximate surface area is 357 Å². The van der Waals surface area contributed by atoms with Crippen molar-refractivity contribution in [2.24, 2.45) is 0 Å². The van der Waals surface area contributed by atoms with E-state index >= 15 is 0 Å². The minimum absolute atomic E-state index is 0.852. The number of hydrogen-bond donors (Lipinski definition) is 0. The molecule has 0 fully saturated rings. The van der Waals surface area contributed by atoms with Crippen LogP contribution in [0, 0.1) is 0 Å². The number of para-hydroxylation sites is 2. The Morgan fingerprint density at radius 1 is 0.295 bits per heavy atom. The van der Waals surface area contributed by atoms with Crippen molar-refractivity contribution in [3.8, 4) is 22.3 Å². The maximum absolute atomic E-state index is 7.05. The molecule has 3 heteroatoms. The molecule has 2 nitrogen and oxygen atoms in total. The molecule has 11 aromatic rings. The Hall–Kier alpha value is -7.72. The van der Waals surface area contributed by atoms with E-state index in [0.717, 1.165) is 50.1 Å². The van der Waals surface area contributed by atoms with E-state index in [0.29, 0.717) is 0 Å². The van der Waals surface area contributed by atoms with Crippen molar-refractivity contribution in [3.63, 3.8) is 0 Å². The third kappa shape index (κ3) is 6.26. The zero-order chi connectivity index (χ0) is 40.6. The second kappa shape index (κ2) is 15.5. The largest absolute Gasteiger partial charge is 0.453 e. The summed E-state index contributed by atoms with van der Waals surface area (Å²) in [5.41, 5.74) is 9.43. The zero-order valence-corrected chi connectivity index (χ0v) is 34.5. The van der Waals surface area contributed by atoms with Gasteiger partial charge in [-0.15, -0.1) is 0 Å². The van der Waals surface area contributed by atoms with Crippen LogP contribution in [0.1, 0.15) is 0 Å². The lowest BCUT2D eigenvalue weighted by Gasteiger charge is -2.35. The third-order valence-electron chi connectivity index (χ3n) is 12.2. The van der Waals surface area contributed by atoms with Crippen LogP contribution in [0.25, 0.3) is 55.0 Å². The molecule has 1 aromatic heterocycles. The van der Waals surface area contributed by atoms with Gasteiger partial charge in [-0.05, 0) is 78.5 Å². The van der Waals surface area contributed by atoms with E-state index in [1.165, 1.54) is 42.6 Å². The Balaban J connectivity index is 1.12. The number of fused-ring (bicyclic) bond motifs is 4. The molecular weight excluding hydrogens is 755 g/mol. The van der Waals surface area contributed by atoms with E-state index in [-0.39, 0.29) is 0 Å². The minimum atomic E-state index is -2.73. The molecule has 0 saturated heterocycles. The van der Waals surface area contributed by atoms with Gasteiger partial charge in [0.2, 0.25) is 0 Å². The van der Waals surface area contributed by atoms with E-state index < -0.39 is 8.07 Å². The quantitative estimate of drug-likeness (QED) is 0.107. The SMILES string of the molecule is c1ccc(-c2cccc3c2oc2c(N(c4ccc(-c5cccc6ccccc56)cc4)c4ccc([Si](c5ccccc5)(c5ccccc5)c5ccccc5)cc4)cccc23)cc1. The number of furan rings is 1. The fourth-order valence-electron chi connectivity index (χ4n) is 9.45. The molecule has 61 heavy (non-hydrogen) atoms. The molecule has 0 N–H and O–H groups in total. The van der Waals surface area contributed by atoms with Crippen LogP contribution in [0.15, 0.2) is 253 Å². The van der Waals surface area contributed by atoms with E-state index in [9.17, 15) is 0 Å². The summed E-state index contributed by atoms with van der Waals surface area (Å²) in [5, 5.41) is 10.0. The van der Waals surface area contributed by atoms with Crippen molar-refractivity contribution >= 4 is 78.6 Å². The molecule has 0 spiro atoms. The first-order valence-corrected chi connectivity index (χ1v) is 22.9. The second-order valence-electron chi connectivity index (χ2n) is 15.6. The number of rotatable bonds is 9. The highest BCUT2D eigenvalue weighted by atomic mass is 28.3. The standard InChI is InChI=1S/C58H41NOSi/c1-5-18-43(19-6-1)53-30-16-31-54-55-32-17-33-56(58(55)60-57(53)54)59(45-36-34-44(35-37-45)52-29-15-21-42-20-13-14-28-51(42)52)46-38-40-50(41-39-46)61(47-22-7-2-8-23-47,48-24-9-3-10-25-48)49-26-11-4-12-27-49/h1-41H. The molecule has 0 radical (unpaired) electrons. The first-order chi connectivity index (χ1) is 30.3. The average Bonchev–Trinajstić information content (AvgIpc) is 3.74. The molecule has 10 aromatic carbocycles. The summed E-state index contributed by atoms with van der Waals surface area (Å²) < 4.78 is 7.05. The number of nitrogens with zero attached hydrogens (tertiary/aromatic N) is 1. The van der Waals surface area contributed by atoms with Gasteiger partial charge in [-0.2, -0.15) is 0 Å². The highest BCUT2D eigenvalue weighted by molar-refractivity contribution is 7.19. The lowest BCUT2D eigenvalue weighted by Crippen LogP contribution is -2.74. The Kier molecular flexibility index (Phi) is 9.22. The summed E-state index contributed by atoms with van der Waals surface area (Å²) in [4.78, 5) is 2.36. The van der Waals surface area contributed by atoms with E-state index in [1.807, 2.05) is 0 Å². The molecule has 288 valence electrons. The predicted molar refractivity (Wildman–Crippen MR) is 260 cm³/mol. The predicted octanol–water partition coefficient (Wildman–Crippen LogP) is 12.9. The number of hydrogen-bond acceptors (Lipinski definition) is 2. The molecule has 1 heterocycles. The topological polar surface area (TPSA) is 16.4 Å². The van der Waals surface area contributed by atoms with Gasteiger partial charge in [-0.1, -0.05) is 218 Å². The van der Waals surface area contributed by atoms with Crippen LogP contribution in [0.5, 0.6) is 0 Å². The van der Waals surface area contributed by atoms with Gasteiger partial charge >= 0.3 is 0 Å². The molecule has 0 bridgehead atoms. The van der Waals surface area contributed by atoms with Gasteiger partial charge in [0.05, 0.1) is 5.69 Å². The van der Waals surface area contributed by atoms with Crippen molar-refractivity contribution in [1.29, 1.82) is 0 Å². The number of benzene rings is 10. The molecule has 0 aliphatic heterocycles. The summed E-state index contributed by atoms with van der Waals surface area (Å²) in [7, 11) is -2.73. The Morgan fingerprint density at radius 3 is 1.34 bits per heavy atom. The van der Waals surface area contributed by atoms with Gasteiger partial charge in [0.1, 0.15) is 5.58 Å². The van der Waals surface area contributed by atoms with E-state index in [2.05, 4.69) is 254 Å². The maximum atomic E-state index is 7.05. The molecule has 0 aliphatic carbocycles. The molecule has 0 saturated carbocycles. The van der Waals surface area contributed by atoms with Crippen molar-refractivity contribution in [1.82, 2.24) is 0 Å². The normalized spacial score (nSPS) is 11.6. The van der Waals surface area contributed by atoms with Crippen LogP contribution >= 0.6 is 0 Å². The van der Waals surface area contributed by atoms with Gasteiger partial charge in [0.15, 0.2) is 13.7 Å². The highest BCUT2D eigenvalue weighted by Gasteiger charge is 2.41. The fourth-order valence-corrected chi connectivity index (χ4v) is 14.2. The van der Waals surface area contributed by atoms with E-state index in [1.54, 1.807) is 0 Å². The van der Waals surface area contributed by atoms with Crippen LogP contribution in [0.4, 0.5) is 17.1 Å². The monoisotopic (exact) mass is 795 g/mol. The van der Waals surface area contributed by atoms with Crippen molar-refractivity contribution in [2.75, 3.05) is 4.90 Å². The van der Waals surface area contributed by atoms with Gasteiger partial charge in [-0.3, -0.25) is 0 Å². The molecule has 0 unspecified atom stereocenters. The van der Waals surface area contributed by atoms with Crippen molar-refractivity contribution < 1.29 is 4.42 Å². The van der Waals surface area contributed by atoms with Crippen LogP contribution in [0.2, 0.25) is 0 Å². The molecule has 11 rings (SSSR count). The summed E-state index contributed by atoms with van der Waals surface area (Å²) in [6, 6.07) is 90.4.